The molecule has 1 saturated heterocycles. The van der Waals surface area contributed by atoms with E-state index in [2.05, 4.69) is 5.32 Å². The third-order valence-electron chi connectivity index (χ3n) is 4.61. The average molecular weight is 545 g/mol. The van der Waals surface area contributed by atoms with Crippen molar-refractivity contribution in [2.24, 2.45) is 11.7 Å². The van der Waals surface area contributed by atoms with Crippen LogP contribution in [0.15, 0.2) is 30.4 Å². The first-order valence-corrected chi connectivity index (χ1v) is 12.5. The summed E-state index contributed by atoms with van der Waals surface area (Å²) in [6, 6.07) is 1.44. The molecule has 1 fully saturated rings. The fourth-order valence-electron chi connectivity index (χ4n) is 3.03. The predicted octanol–water partition coefficient (Wildman–Crippen LogP) is 6.62. The van der Waals surface area contributed by atoms with Crippen molar-refractivity contribution in [2.75, 3.05) is 13.2 Å². The molecule has 5 nitrogen and oxygen atoms in total. The van der Waals surface area contributed by atoms with Crippen molar-refractivity contribution in [2.45, 2.75) is 91.8 Å². The summed E-state index contributed by atoms with van der Waals surface area (Å²) in [4.78, 5) is 11.2. The highest BCUT2D eigenvalue weighted by Gasteiger charge is 2.36. The molecule has 1 aliphatic heterocycles. The molecule has 1 aliphatic carbocycles. The number of aliphatic hydroxyl groups excluding tert-OH is 1. The quantitative estimate of drug-likeness (QED) is 0.222. The van der Waals surface area contributed by atoms with Crippen LogP contribution in [0.2, 0.25) is 0 Å². The summed E-state index contributed by atoms with van der Waals surface area (Å²) >= 11 is 0. The number of carbonyl (C=O) groups is 1. The molecule has 2 aliphatic rings. The molecule has 216 valence electrons. The number of alkyl halides is 6. The summed E-state index contributed by atoms with van der Waals surface area (Å²) in [5.41, 5.74) is 2.93. The van der Waals surface area contributed by atoms with Crippen molar-refractivity contribution < 1.29 is 41.0 Å². The smallest absolute Gasteiger partial charge is 0.381 e. The van der Waals surface area contributed by atoms with E-state index in [9.17, 15) is 31.1 Å². The third-order valence-corrected chi connectivity index (χ3v) is 4.61. The van der Waals surface area contributed by atoms with Crippen LogP contribution >= 0.6 is 0 Å². The Hall–Kier alpha value is -2.11. The van der Waals surface area contributed by atoms with E-state index in [0.717, 1.165) is 13.2 Å². The van der Waals surface area contributed by atoms with Gasteiger partial charge in [0.1, 0.15) is 6.23 Å². The van der Waals surface area contributed by atoms with Crippen LogP contribution in [0.3, 0.4) is 0 Å². The topological polar surface area (TPSA) is 84.6 Å². The summed E-state index contributed by atoms with van der Waals surface area (Å²) in [5, 5.41) is 11.3. The number of halogens is 6. The molecular formula is C26H42F6N2O3. The summed E-state index contributed by atoms with van der Waals surface area (Å²) in [6.07, 6.45) is -2.15. The lowest BCUT2D eigenvalue weighted by Crippen LogP contribution is -2.36. The van der Waals surface area contributed by atoms with Crippen molar-refractivity contribution in [1.82, 2.24) is 5.32 Å². The maximum atomic E-state index is 12.2. The van der Waals surface area contributed by atoms with Crippen LogP contribution in [-0.4, -0.2) is 36.5 Å². The zero-order valence-corrected chi connectivity index (χ0v) is 22.5. The molecule has 1 amide bonds. The standard InChI is InChI=1S/C9H6F6.C8H14N2O2.C5H10O.2C2H6/c1-5-2-6(8(10,11)12)4-7(3-5)9(13,14)15;1-5(11)10-8(12)6-2-3-7(9)4-6;1-2-4-6-5-3-1;2*1-2/h2-4H,1H3;2-3,5-7,11H,4,9H2,1H3,(H,10,12);1-5H2;2*1-2H3. The fraction of sp³-hybridized carbons (Fsp3) is 0.654. The second kappa shape index (κ2) is 19.0. The maximum absolute atomic E-state index is 12.2. The van der Waals surface area contributed by atoms with Gasteiger partial charge in [0.25, 0.3) is 0 Å². The Labute approximate surface area is 216 Å². The molecule has 4 N–H and O–H groups in total. The van der Waals surface area contributed by atoms with E-state index in [-0.39, 0.29) is 29.5 Å². The van der Waals surface area contributed by atoms with Gasteiger partial charge in [-0.1, -0.05) is 39.8 Å². The first-order valence-electron chi connectivity index (χ1n) is 12.5. The second-order valence-corrected chi connectivity index (χ2v) is 7.83. The van der Waals surface area contributed by atoms with E-state index in [1.165, 1.54) is 33.1 Å². The minimum absolute atomic E-state index is 0.0188. The Balaban J connectivity index is 0. The zero-order chi connectivity index (χ0) is 29.2. The van der Waals surface area contributed by atoms with Crippen LogP contribution in [0.4, 0.5) is 26.3 Å². The first-order chi connectivity index (χ1) is 17.2. The lowest BCUT2D eigenvalue weighted by Gasteiger charge is -2.12. The number of rotatable bonds is 2. The molecule has 1 aromatic carbocycles. The van der Waals surface area contributed by atoms with Gasteiger partial charge in [-0.3, -0.25) is 4.79 Å². The van der Waals surface area contributed by atoms with Gasteiger partial charge in [-0.05, 0) is 63.3 Å². The Morgan fingerprint density at radius 3 is 1.68 bits per heavy atom. The Bertz CT molecular complexity index is 733. The summed E-state index contributed by atoms with van der Waals surface area (Å²) < 4.78 is 78.1. The van der Waals surface area contributed by atoms with Crippen molar-refractivity contribution in [1.29, 1.82) is 0 Å². The van der Waals surface area contributed by atoms with Crippen LogP contribution in [0.25, 0.3) is 0 Å². The number of aliphatic hydroxyl groups is 1. The van der Waals surface area contributed by atoms with Gasteiger partial charge in [-0.25, -0.2) is 0 Å². The number of amides is 1. The lowest BCUT2D eigenvalue weighted by atomic mass is 10.1. The average Bonchev–Trinajstić information content (AvgIpc) is 3.28. The third kappa shape index (κ3) is 17.1. The summed E-state index contributed by atoms with van der Waals surface area (Å²) in [6.45, 7) is 12.7. The van der Waals surface area contributed by atoms with E-state index in [0.29, 0.717) is 18.6 Å². The van der Waals surface area contributed by atoms with Crippen LogP contribution in [0.5, 0.6) is 0 Å². The van der Waals surface area contributed by atoms with E-state index in [1.54, 1.807) is 6.08 Å². The van der Waals surface area contributed by atoms with Crippen molar-refractivity contribution >= 4 is 5.91 Å². The number of carbonyl (C=O) groups excluding carboxylic acids is 1. The van der Waals surface area contributed by atoms with Gasteiger partial charge in [0, 0.05) is 19.3 Å². The Morgan fingerprint density at radius 2 is 1.41 bits per heavy atom. The molecule has 3 atom stereocenters. The Morgan fingerprint density at radius 1 is 0.946 bits per heavy atom. The normalized spacial score (nSPS) is 19.3. The first kappa shape index (κ1) is 37.0. The summed E-state index contributed by atoms with van der Waals surface area (Å²) in [5.74, 6) is -0.330. The van der Waals surface area contributed by atoms with Crippen molar-refractivity contribution in [3.8, 4) is 0 Å². The molecule has 37 heavy (non-hydrogen) atoms. The molecule has 3 unspecified atom stereocenters. The molecule has 11 heteroatoms. The molecule has 3 rings (SSSR count). The lowest BCUT2D eigenvalue weighted by molar-refractivity contribution is -0.143. The molecule has 0 bridgehead atoms. The molecule has 0 radical (unpaired) electrons. The SMILES string of the molecule is C1CCOCC1.CC.CC.CC(O)NC(=O)C1C=CC(N)C1.Cc1cc(C(F)(F)F)cc(C(F)(F)F)c1. The van der Waals surface area contributed by atoms with Gasteiger partial charge in [-0.2, -0.15) is 26.3 Å². The number of nitrogens with one attached hydrogen (secondary N) is 1. The number of benzene rings is 1. The van der Waals surface area contributed by atoms with E-state index in [1.807, 2.05) is 33.8 Å². The maximum Gasteiger partial charge on any atom is 0.416 e. The van der Waals surface area contributed by atoms with Gasteiger partial charge in [0.15, 0.2) is 0 Å². The highest BCUT2D eigenvalue weighted by molar-refractivity contribution is 5.81. The van der Waals surface area contributed by atoms with Crippen LogP contribution in [-0.2, 0) is 21.9 Å². The molecule has 0 spiro atoms. The van der Waals surface area contributed by atoms with Crippen molar-refractivity contribution in [3.05, 3.63) is 47.0 Å². The number of ether oxygens (including phenoxy) is 1. The van der Waals surface area contributed by atoms with Crippen LogP contribution in [0, 0.1) is 12.8 Å². The largest absolute Gasteiger partial charge is 0.416 e. The molecule has 1 heterocycles. The minimum Gasteiger partial charge on any atom is -0.381 e. The highest BCUT2D eigenvalue weighted by Crippen LogP contribution is 2.36. The van der Waals surface area contributed by atoms with E-state index >= 15 is 0 Å². The Kier molecular flexibility index (Phi) is 19.1. The van der Waals surface area contributed by atoms with Crippen LogP contribution < -0.4 is 11.1 Å². The zero-order valence-electron chi connectivity index (χ0n) is 22.5. The van der Waals surface area contributed by atoms with Gasteiger partial charge < -0.3 is 20.9 Å². The number of hydrogen-bond acceptors (Lipinski definition) is 4. The molecule has 0 saturated carbocycles. The van der Waals surface area contributed by atoms with E-state index < -0.39 is 29.7 Å². The summed E-state index contributed by atoms with van der Waals surface area (Å²) in [7, 11) is 0. The highest BCUT2D eigenvalue weighted by atomic mass is 19.4. The monoisotopic (exact) mass is 544 g/mol. The number of nitrogens with two attached hydrogens (primary N) is 1. The predicted molar refractivity (Wildman–Crippen MR) is 134 cm³/mol. The van der Waals surface area contributed by atoms with Crippen LogP contribution in [0.1, 0.15) is 77.0 Å². The number of aryl methyl sites for hydroxylation is 1. The molecular weight excluding hydrogens is 502 g/mol. The second-order valence-electron chi connectivity index (χ2n) is 7.83. The minimum atomic E-state index is -4.76. The van der Waals surface area contributed by atoms with Gasteiger partial charge in [-0.15, -0.1) is 0 Å². The molecule has 0 aromatic heterocycles. The molecule has 1 aromatic rings. The fourth-order valence-corrected chi connectivity index (χ4v) is 3.03. The number of hydrogen-bond donors (Lipinski definition) is 3. The van der Waals surface area contributed by atoms with Gasteiger partial charge in [0.2, 0.25) is 5.91 Å². The van der Waals surface area contributed by atoms with Gasteiger partial charge >= 0.3 is 12.4 Å². The van der Waals surface area contributed by atoms with E-state index in [4.69, 9.17) is 15.6 Å². The van der Waals surface area contributed by atoms with Crippen molar-refractivity contribution in [3.63, 3.8) is 0 Å². The van der Waals surface area contributed by atoms with Gasteiger partial charge in [0.05, 0.1) is 17.0 Å².